The van der Waals surface area contributed by atoms with Crippen molar-refractivity contribution in [3.05, 3.63) is 29.8 Å². The fraction of sp³-hybridized carbons (Fsp3) is 0.625. The van der Waals surface area contributed by atoms with Crippen molar-refractivity contribution >= 4 is 11.8 Å². The Balaban J connectivity index is 1.65. The SMILES string of the molecule is COc1ccc(CCC(O)CSC2CCCC2)cc1. The molecule has 2 rings (SSSR count). The Morgan fingerprint density at radius 3 is 2.58 bits per heavy atom. The highest BCUT2D eigenvalue weighted by molar-refractivity contribution is 7.99. The van der Waals surface area contributed by atoms with E-state index in [-0.39, 0.29) is 6.10 Å². The highest BCUT2D eigenvalue weighted by atomic mass is 32.2. The molecule has 0 saturated heterocycles. The summed E-state index contributed by atoms with van der Waals surface area (Å²) in [7, 11) is 1.68. The normalized spacial score (nSPS) is 17.6. The maximum absolute atomic E-state index is 10.0. The molecular weight excluding hydrogens is 256 g/mol. The minimum atomic E-state index is -0.173. The summed E-state index contributed by atoms with van der Waals surface area (Å²) in [5.41, 5.74) is 1.27. The number of aliphatic hydroxyl groups is 1. The van der Waals surface area contributed by atoms with Gasteiger partial charge in [-0.3, -0.25) is 0 Å². The molecule has 1 fully saturated rings. The summed E-state index contributed by atoms with van der Waals surface area (Å²) >= 11 is 1.96. The number of hydrogen-bond donors (Lipinski definition) is 1. The third kappa shape index (κ3) is 5.07. The van der Waals surface area contributed by atoms with Crippen molar-refractivity contribution in [1.82, 2.24) is 0 Å². The monoisotopic (exact) mass is 280 g/mol. The van der Waals surface area contributed by atoms with Gasteiger partial charge in [0.2, 0.25) is 0 Å². The van der Waals surface area contributed by atoms with Crippen LogP contribution in [0.5, 0.6) is 5.75 Å². The molecule has 1 atom stereocenters. The summed E-state index contributed by atoms with van der Waals surface area (Å²) < 4.78 is 5.14. The number of ether oxygens (including phenoxy) is 1. The number of benzene rings is 1. The Labute approximate surface area is 120 Å². The Bertz CT molecular complexity index is 358. The van der Waals surface area contributed by atoms with Gasteiger partial charge < -0.3 is 9.84 Å². The number of aryl methyl sites for hydroxylation is 1. The molecule has 0 amide bonds. The van der Waals surface area contributed by atoms with Crippen molar-refractivity contribution in [3.8, 4) is 5.75 Å². The molecule has 0 aliphatic heterocycles. The quantitative estimate of drug-likeness (QED) is 0.826. The van der Waals surface area contributed by atoms with Crippen molar-refractivity contribution in [2.24, 2.45) is 0 Å². The second kappa shape index (κ2) is 7.81. The van der Waals surface area contributed by atoms with Crippen LogP contribution in [0.2, 0.25) is 0 Å². The van der Waals surface area contributed by atoms with E-state index in [0.29, 0.717) is 0 Å². The van der Waals surface area contributed by atoms with Crippen LogP contribution in [-0.4, -0.2) is 29.3 Å². The molecule has 0 heterocycles. The first-order valence-corrected chi connectivity index (χ1v) is 8.25. The van der Waals surface area contributed by atoms with Crippen molar-refractivity contribution in [2.45, 2.75) is 49.9 Å². The molecule has 0 aromatic heterocycles. The van der Waals surface area contributed by atoms with E-state index in [0.717, 1.165) is 29.6 Å². The molecule has 1 unspecified atom stereocenters. The fourth-order valence-electron chi connectivity index (χ4n) is 2.51. The summed E-state index contributed by atoms with van der Waals surface area (Å²) in [6, 6.07) is 8.12. The predicted octanol–water partition coefficient (Wildman–Crippen LogP) is 3.66. The lowest BCUT2D eigenvalue weighted by atomic mass is 10.1. The molecule has 1 saturated carbocycles. The number of methoxy groups -OCH3 is 1. The molecule has 1 aliphatic rings. The first-order chi connectivity index (χ1) is 9.28. The average Bonchev–Trinajstić information content (AvgIpc) is 2.96. The highest BCUT2D eigenvalue weighted by Gasteiger charge is 2.16. The van der Waals surface area contributed by atoms with E-state index in [9.17, 15) is 5.11 Å². The predicted molar refractivity (Wildman–Crippen MR) is 82.0 cm³/mol. The zero-order valence-electron chi connectivity index (χ0n) is 11.7. The lowest BCUT2D eigenvalue weighted by molar-refractivity contribution is 0.189. The largest absolute Gasteiger partial charge is 0.497 e. The van der Waals surface area contributed by atoms with Crippen LogP contribution >= 0.6 is 11.8 Å². The molecule has 0 radical (unpaired) electrons. The molecule has 0 bridgehead atoms. The molecule has 1 aromatic rings. The Morgan fingerprint density at radius 2 is 1.95 bits per heavy atom. The second-order valence-electron chi connectivity index (χ2n) is 5.28. The molecule has 1 aromatic carbocycles. The van der Waals surface area contributed by atoms with Crippen LogP contribution in [0.3, 0.4) is 0 Å². The summed E-state index contributed by atoms with van der Waals surface area (Å²) in [5.74, 6) is 1.78. The zero-order valence-corrected chi connectivity index (χ0v) is 12.5. The standard InChI is InChI=1S/C16H24O2S/c1-18-15-10-7-13(8-11-15)6-9-14(17)12-19-16-4-2-3-5-16/h7-8,10-11,14,16-17H,2-6,9,12H2,1H3. The first kappa shape index (κ1) is 14.7. The van der Waals surface area contributed by atoms with E-state index in [1.165, 1.54) is 31.2 Å². The molecule has 106 valence electrons. The molecular formula is C16H24O2S. The van der Waals surface area contributed by atoms with Crippen LogP contribution in [-0.2, 0) is 6.42 Å². The van der Waals surface area contributed by atoms with Gasteiger partial charge in [0.15, 0.2) is 0 Å². The Hall–Kier alpha value is -0.670. The first-order valence-electron chi connectivity index (χ1n) is 7.20. The molecule has 2 nitrogen and oxygen atoms in total. The lowest BCUT2D eigenvalue weighted by Gasteiger charge is -2.13. The van der Waals surface area contributed by atoms with Crippen LogP contribution in [0.4, 0.5) is 0 Å². The molecule has 19 heavy (non-hydrogen) atoms. The van der Waals surface area contributed by atoms with Gasteiger partial charge in [0.1, 0.15) is 5.75 Å². The maximum Gasteiger partial charge on any atom is 0.118 e. The van der Waals surface area contributed by atoms with E-state index < -0.39 is 0 Å². The van der Waals surface area contributed by atoms with Gasteiger partial charge in [0.25, 0.3) is 0 Å². The van der Waals surface area contributed by atoms with Gasteiger partial charge in [-0.1, -0.05) is 25.0 Å². The summed E-state index contributed by atoms with van der Waals surface area (Å²) in [6.07, 6.45) is 7.06. The average molecular weight is 280 g/mol. The number of hydrogen-bond acceptors (Lipinski definition) is 3. The molecule has 1 N–H and O–H groups in total. The maximum atomic E-state index is 10.0. The highest BCUT2D eigenvalue weighted by Crippen LogP contribution is 2.30. The molecule has 3 heteroatoms. The van der Waals surface area contributed by atoms with Gasteiger partial charge in [-0.25, -0.2) is 0 Å². The molecule has 1 aliphatic carbocycles. The van der Waals surface area contributed by atoms with Crippen molar-refractivity contribution in [1.29, 1.82) is 0 Å². The van der Waals surface area contributed by atoms with Crippen LogP contribution < -0.4 is 4.74 Å². The van der Waals surface area contributed by atoms with Crippen molar-refractivity contribution in [2.75, 3.05) is 12.9 Å². The fourth-order valence-corrected chi connectivity index (χ4v) is 3.84. The van der Waals surface area contributed by atoms with Crippen LogP contribution in [0.15, 0.2) is 24.3 Å². The van der Waals surface area contributed by atoms with Crippen molar-refractivity contribution < 1.29 is 9.84 Å². The third-order valence-electron chi connectivity index (χ3n) is 3.75. The number of rotatable bonds is 7. The van der Waals surface area contributed by atoms with E-state index in [4.69, 9.17) is 4.74 Å². The summed E-state index contributed by atoms with van der Waals surface area (Å²) in [4.78, 5) is 0. The van der Waals surface area contributed by atoms with Gasteiger partial charge in [-0.15, -0.1) is 0 Å². The topological polar surface area (TPSA) is 29.5 Å². The number of thioether (sulfide) groups is 1. The van der Waals surface area contributed by atoms with E-state index >= 15 is 0 Å². The van der Waals surface area contributed by atoms with Crippen LogP contribution in [0.25, 0.3) is 0 Å². The Kier molecular flexibility index (Phi) is 6.05. The summed E-state index contributed by atoms with van der Waals surface area (Å²) in [5, 5.41) is 10.8. The number of aliphatic hydroxyl groups excluding tert-OH is 1. The van der Waals surface area contributed by atoms with E-state index in [1.807, 2.05) is 23.9 Å². The zero-order chi connectivity index (χ0) is 13.5. The van der Waals surface area contributed by atoms with E-state index in [2.05, 4.69) is 12.1 Å². The van der Waals surface area contributed by atoms with Gasteiger partial charge >= 0.3 is 0 Å². The molecule has 0 spiro atoms. The van der Waals surface area contributed by atoms with Crippen molar-refractivity contribution in [3.63, 3.8) is 0 Å². The van der Waals surface area contributed by atoms with Gasteiger partial charge in [-0.2, -0.15) is 11.8 Å². The Morgan fingerprint density at radius 1 is 1.26 bits per heavy atom. The minimum Gasteiger partial charge on any atom is -0.497 e. The van der Waals surface area contributed by atoms with Crippen LogP contribution in [0.1, 0.15) is 37.7 Å². The minimum absolute atomic E-state index is 0.173. The smallest absolute Gasteiger partial charge is 0.118 e. The summed E-state index contributed by atoms with van der Waals surface area (Å²) in [6.45, 7) is 0. The van der Waals surface area contributed by atoms with E-state index in [1.54, 1.807) is 7.11 Å². The van der Waals surface area contributed by atoms with Gasteiger partial charge in [-0.05, 0) is 43.4 Å². The van der Waals surface area contributed by atoms with Gasteiger partial charge in [0.05, 0.1) is 13.2 Å². The van der Waals surface area contributed by atoms with Gasteiger partial charge in [0, 0.05) is 11.0 Å². The second-order valence-corrected chi connectivity index (χ2v) is 6.61. The van der Waals surface area contributed by atoms with Crippen LogP contribution in [0, 0.1) is 0 Å². The third-order valence-corrected chi connectivity index (χ3v) is 5.27. The lowest BCUT2D eigenvalue weighted by Crippen LogP contribution is -2.13.